The molecule has 0 unspecified atom stereocenters. The topological polar surface area (TPSA) is 29.1 Å². The standard InChI is InChI=1S/C15H11F4NOS2/c16-10-6-5-9(7-11(10)17)22-8-14(21)20-12-3-1-2-4-13(12)23-15(18)19/h1-7,15H,8H2,(H,20,21). The Morgan fingerprint density at radius 2 is 1.83 bits per heavy atom. The molecule has 23 heavy (non-hydrogen) atoms. The molecular weight excluding hydrogens is 350 g/mol. The van der Waals surface area contributed by atoms with E-state index in [0.717, 1.165) is 23.9 Å². The molecular formula is C15H11F4NOS2. The molecule has 0 heterocycles. The molecule has 0 fully saturated rings. The lowest BCUT2D eigenvalue weighted by molar-refractivity contribution is -0.113. The number of carbonyl (C=O) groups excluding carboxylic acids is 1. The van der Waals surface area contributed by atoms with Crippen LogP contribution in [0.2, 0.25) is 0 Å². The van der Waals surface area contributed by atoms with Crippen molar-refractivity contribution in [2.75, 3.05) is 11.1 Å². The quantitative estimate of drug-likeness (QED) is 0.579. The summed E-state index contributed by atoms with van der Waals surface area (Å²) < 4.78 is 50.8. The molecule has 122 valence electrons. The van der Waals surface area contributed by atoms with Crippen molar-refractivity contribution in [3.8, 4) is 0 Å². The number of anilines is 1. The van der Waals surface area contributed by atoms with Gasteiger partial charge in [0, 0.05) is 9.79 Å². The van der Waals surface area contributed by atoms with Gasteiger partial charge in [-0.05, 0) is 30.3 Å². The fourth-order valence-electron chi connectivity index (χ4n) is 1.67. The summed E-state index contributed by atoms with van der Waals surface area (Å²) in [5.41, 5.74) is 0.286. The molecule has 0 saturated carbocycles. The summed E-state index contributed by atoms with van der Waals surface area (Å²) in [6, 6.07) is 9.54. The lowest BCUT2D eigenvalue weighted by Crippen LogP contribution is -2.14. The summed E-state index contributed by atoms with van der Waals surface area (Å²) in [6.45, 7) is 0. The van der Waals surface area contributed by atoms with E-state index in [9.17, 15) is 22.4 Å². The Kier molecular flexibility index (Phi) is 6.35. The van der Waals surface area contributed by atoms with Crippen LogP contribution in [0.1, 0.15) is 0 Å². The molecule has 0 bridgehead atoms. The van der Waals surface area contributed by atoms with Crippen LogP contribution in [0, 0.1) is 11.6 Å². The second kappa shape index (κ2) is 8.26. The maximum Gasteiger partial charge on any atom is 0.288 e. The number of thioether (sulfide) groups is 2. The zero-order chi connectivity index (χ0) is 16.8. The minimum absolute atomic E-state index is 0.0568. The van der Waals surface area contributed by atoms with Gasteiger partial charge in [-0.25, -0.2) is 8.78 Å². The Balaban J connectivity index is 1.96. The van der Waals surface area contributed by atoms with E-state index in [-0.39, 0.29) is 16.3 Å². The van der Waals surface area contributed by atoms with E-state index in [2.05, 4.69) is 5.32 Å². The number of alkyl halides is 2. The van der Waals surface area contributed by atoms with Crippen molar-refractivity contribution in [2.24, 2.45) is 0 Å². The van der Waals surface area contributed by atoms with Crippen LogP contribution < -0.4 is 5.32 Å². The normalized spacial score (nSPS) is 10.8. The van der Waals surface area contributed by atoms with Crippen LogP contribution in [0.4, 0.5) is 23.2 Å². The molecule has 0 aromatic heterocycles. The second-order valence-corrected chi connectivity index (χ2v) is 6.37. The fourth-order valence-corrected chi connectivity index (χ4v) is 2.99. The van der Waals surface area contributed by atoms with Crippen LogP contribution in [-0.4, -0.2) is 17.4 Å². The molecule has 2 rings (SSSR count). The molecule has 1 amide bonds. The van der Waals surface area contributed by atoms with Crippen LogP contribution in [-0.2, 0) is 4.79 Å². The number of nitrogens with one attached hydrogen (secondary N) is 1. The Morgan fingerprint density at radius 3 is 2.52 bits per heavy atom. The number of hydrogen-bond acceptors (Lipinski definition) is 3. The van der Waals surface area contributed by atoms with Crippen molar-refractivity contribution in [1.29, 1.82) is 0 Å². The highest BCUT2D eigenvalue weighted by Crippen LogP contribution is 2.31. The minimum atomic E-state index is -2.59. The number of para-hydroxylation sites is 1. The summed E-state index contributed by atoms with van der Waals surface area (Å²) in [5.74, 6) is -5.03. The van der Waals surface area contributed by atoms with Gasteiger partial charge in [0.05, 0.1) is 11.4 Å². The largest absolute Gasteiger partial charge is 0.324 e. The predicted octanol–water partition coefficient (Wildman–Crippen LogP) is 5.01. The summed E-state index contributed by atoms with van der Waals surface area (Å²) in [5, 5.41) is 2.53. The van der Waals surface area contributed by atoms with Gasteiger partial charge in [-0.1, -0.05) is 23.9 Å². The van der Waals surface area contributed by atoms with Gasteiger partial charge in [-0.3, -0.25) is 4.79 Å². The molecule has 0 radical (unpaired) electrons. The molecule has 0 aliphatic carbocycles. The van der Waals surface area contributed by atoms with E-state index in [1.165, 1.54) is 18.2 Å². The van der Waals surface area contributed by atoms with Gasteiger partial charge in [-0.15, -0.1) is 11.8 Å². The first-order chi connectivity index (χ1) is 11.0. The number of carbonyl (C=O) groups is 1. The average molecular weight is 361 g/mol. The number of halogens is 4. The maximum absolute atomic E-state index is 13.1. The van der Waals surface area contributed by atoms with Gasteiger partial charge >= 0.3 is 0 Å². The molecule has 0 spiro atoms. The molecule has 0 aliphatic heterocycles. The first kappa shape index (κ1) is 17.7. The first-order valence-corrected chi connectivity index (χ1v) is 8.24. The Labute approximate surface area is 138 Å². The van der Waals surface area contributed by atoms with E-state index in [4.69, 9.17) is 0 Å². The van der Waals surface area contributed by atoms with Crippen molar-refractivity contribution in [3.63, 3.8) is 0 Å². The summed E-state index contributed by atoms with van der Waals surface area (Å²) in [4.78, 5) is 12.5. The zero-order valence-corrected chi connectivity index (χ0v) is 13.2. The van der Waals surface area contributed by atoms with E-state index < -0.39 is 23.3 Å². The van der Waals surface area contributed by atoms with Gasteiger partial charge in [0.25, 0.3) is 5.76 Å². The highest BCUT2D eigenvalue weighted by atomic mass is 32.2. The molecule has 0 saturated heterocycles. The monoisotopic (exact) mass is 361 g/mol. The maximum atomic E-state index is 13.1. The van der Waals surface area contributed by atoms with E-state index in [1.807, 2.05) is 0 Å². The third kappa shape index (κ3) is 5.47. The molecule has 2 nitrogen and oxygen atoms in total. The molecule has 2 aromatic carbocycles. The van der Waals surface area contributed by atoms with Crippen LogP contribution >= 0.6 is 23.5 Å². The van der Waals surface area contributed by atoms with Crippen molar-refractivity contribution in [2.45, 2.75) is 15.5 Å². The predicted molar refractivity (Wildman–Crippen MR) is 84.0 cm³/mol. The van der Waals surface area contributed by atoms with Gasteiger partial charge < -0.3 is 5.32 Å². The van der Waals surface area contributed by atoms with Crippen molar-refractivity contribution < 1.29 is 22.4 Å². The lowest BCUT2D eigenvalue weighted by Gasteiger charge is -2.10. The van der Waals surface area contributed by atoms with Crippen molar-refractivity contribution in [1.82, 2.24) is 0 Å². The van der Waals surface area contributed by atoms with Gasteiger partial charge in [-0.2, -0.15) is 8.78 Å². The van der Waals surface area contributed by atoms with Crippen LogP contribution in [0.15, 0.2) is 52.3 Å². The molecule has 2 aromatic rings. The molecule has 0 atom stereocenters. The molecule has 8 heteroatoms. The summed E-state index contributed by atoms with van der Waals surface area (Å²) in [7, 11) is 0. The lowest BCUT2D eigenvalue weighted by atomic mass is 10.3. The highest BCUT2D eigenvalue weighted by Gasteiger charge is 2.12. The van der Waals surface area contributed by atoms with Crippen LogP contribution in [0.3, 0.4) is 0 Å². The van der Waals surface area contributed by atoms with E-state index in [0.29, 0.717) is 16.7 Å². The Morgan fingerprint density at radius 1 is 1.09 bits per heavy atom. The van der Waals surface area contributed by atoms with Crippen molar-refractivity contribution in [3.05, 3.63) is 54.1 Å². The number of hydrogen-bond donors (Lipinski definition) is 1. The summed E-state index contributed by atoms with van der Waals surface area (Å²) >= 11 is 1.36. The Hall–Kier alpha value is -1.67. The fraction of sp³-hybridized carbons (Fsp3) is 0.133. The third-order valence-electron chi connectivity index (χ3n) is 2.64. The second-order valence-electron chi connectivity index (χ2n) is 4.29. The smallest absolute Gasteiger partial charge is 0.288 e. The third-order valence-corrected chi connectivity index (χ3v) is 4.42. The van der Waals surface area contributed by atoms with E-state index in [1.54, 1.807) is 12.1 Å². The van der Waals surface area contributed by atoms with Gasteiger partial charge in [0.2, 0.25) is 5.91 Å². The van der Waals surface area contributed by atoms with Crippen LogP contribution in [0.5, 0.6) is 0 Å². The molecule has 1 N–H and O–H groups in total. The Bertz CT molecular complexity index is 697. The average Bonchev–Trinajstić information content (AvgIpc) is 2.50. The van der Waals surface area contributed by atoms with Gasteiger partial charge in [0.1, 0.15) is 0 Å². The first-order valence-electron chi connectivity index (χ1n) is 6.37. The zero-order valence-electron chi connectivity index (χ0n) is 11.6. The SMILES string of the molecule is O=C(CSc1ccc(F)c(F)c1)Nc1ccccc1SC(F)F. The summed E-state index contributed by atoms with van der Waals surface area (Å²) in [6.07, 6.45) is 0. The van der Waals surface area contributed by atoms with Crippen LogP contribution in [0.25, 0.3) is 0 Å². The molecule has 0 aliphatic rings. The van der Waals surface area contributed by atoms with Crippen molar-refractivity contribution >= 4 is 35.1 Å². The van der Waals surface area contributed by atoms with E-state index >= 15 is 0 Å². The highest BCUT2D eigenvalue weighted by molar-refractivity contribution is 8.00. The number of amides is 1. The minimum Gasteiger partial charge on any atom is -0.324 e. The number of benzene rings is 2. The van der Waals surface area contributed by atoms with Gasteiger partial charge in [0.15, 0.2) is 11.6 Å². The number of rotatable bonds is 6.